The zero-order chi connectivity index (χ0) is 16.3. The molecule has 22 heavy (non-hydrogen) atoms. The molecule has 120 valence electrons. The first-order valence-corrected chi connectivity index (χ1v) is 7.59. The average molecular weight is 304 g/mol. The Morgan fingerprint density at radius 1 is 1.45 bits per heavy atom. The minimum absolute atomic E-state index is 0.0401. The Balaban J connectivity index is 2.02. The van der Waals surface area contributed by atoms with Crippen LogP contribution in [0.3, 0.4) is 0 Å². The van der Waals surface area contributed by atoms with Gasteiger partial charge in [-0.15, -0.1) is 0 Å². The van der Waals surface area contributed by atoms with E-state index in [2.05, 4.69) is 0 Å². The van der Waals surface area contributed by atoms with Crippen LogP contribution in [0.25, 0.3) is 0 Å². The van der Waals surface area contributed by atoms with E-state index in [-0.39, 0.29) is 23.8 Å². The molecule has 0 bridgehead atoms. The van der Waals surface area contributed by atoms with Crippen LogP contribution in [0.5, 0.6) is 5.75 Å². The van der Waals surface area contributed by atoms with Gasteiger partial charge in [0.05, 0.1) is 13.0 Å². The highest BCUT2D eigenvalue weighted by Gasteiger charge is 2.36. The van der Waals surface area contributed by atoms with Crippen molar-refractivity contribution in [2.75, 3.05) is 20.7 Å². The first-order valence-electron chi connectivity index (χ1n) is 7.59. The van der Waals surface area contributed by atoms with Gasteiger partial charge in [-0.3, -0.25) is 9.59 Å². The summed E-state index contributed by atoms with van der Waals surface area (Å²) in [6, 6.07) is 7.81. The van der Waals surface area contributed by atoms with E-state index in [0.717, 1.165) is 11.3 Å². The lowest BCUT2D eigenvalue weighted by Crippen LogP contribution is -2.38. The summed E-state index contributed by atoms with van der Waals surface area (Å²) < 4.78 is 5.20. The van der Waals surface area contributed by atoms with Crippen LogP contribution in [0.4, 0.5) is 0 Å². The largest absolute Gasteiger partial charge is 0.497 e. The van der Waals surface area contributed by atoms with Crippen LogP contribution in [-0.2, 0) is 16.1 Å². The molecule has 0 aliphatic carbocycles. The molecule has 1 atom stereocenters. The van der Waals surface area contributed by atoms with Gasteiger partial charge in [-0.2, -0.15) is 0 Å². The Labute approximate surface area is 131 Å². The van der Waals surface area contributed by atoms with Gasteiger partial charge >= 0.3 is 0 Å². The molecule has 1 saturated heterocycles. The number of hydrogen-bond acceptors (Lipinski definition) is 3. The number of likely N-dealkylation sites (tertiary alicyclic amines) is 1. The fourth-order valence-corrected chi connectivity index (χ4v) is 2.62. The number of ether oxygens (including phenoxy) is 1. The molecule has 1 heterocycles. The molecule has 1 aliphatic heterocycles. The van der Waals surface area contributed by atoms with E-state index in [4.69, 9.17) is 4.74 Å². The number of nitrogens with zero attached hydrogens (tertiary/aromatic N) is 2. The van der Waals surface area contributed by atoms with Crippen LogP contribution in [0.1, 0.15) is 25.8 Å². The Morgan fingerprint density at radius 3 is 2.82 bits per heavy atom. The third kappa shape index (κ3) is 3.59. The zero-order valence-corrected chi connectivity index (χ0v) is 13.7. The van der Waals surface area contributed by atoms with Gasteiger partial charge in [-0.25, -0.2) is 0 Å². The summed E-state index contributed by atoms with van der Waals surface area (Å²) in [5.41, 5.74) is 1.01. The molecule has 5 heteroatoms. The van der Waals surface area contributed by atoms with Crippen molar-refractivity contribution < 1.29 is 14.3 Å². The number of benzene rings is 1. The second-order valence-electron chi connectivity index (χ2n) is 6.07. The van der Waals surface area contributed by atoms with E-state index in [9.17, 15) is 9.59 Å². The van der Waals surface area contributed by atoms with Gasteiger partial charge in [0, 0.05) is 32.6 Å². The van der Waals surface area contributed by atoms with Crippen molar-refractivity contribution in [3.8, 4) is 5.75 Å². The molecule has 0 saturated carbocycles. The normalized spacial score (nSPS) is 18.0. The van der Waals surface area contributed by atoms with Crippen LogP contribution < -0.4 is 4.74 Å². The molecule has 0 N–H and O–H groups in total. The smallest absolute Gasteiger partial charge is 0.227 e. The summed E-state index contributed by atoms with van der Waals surface area (Å²) in [7, 11) is 3.42. The van der Waals surface area contributed by atoms with Gasteiger partial charge in [0.25, 0.3) is 0 Å². The zero-order valence-electron chi connectivity index (χ0n) is 13.7. The number of carbonyl (C=O) groups excluding carboxylic acids is 2. The van der Waals surface area contributed by atoms with Crippen LogP contribution in [0, 0.1) is 5.92 Å². The van der Waals surface area contributed by atoms with E-state index >= 15 is 0 Å². The molecule has 0 spiro atoms. The average Bonchev–Trinajstić information content (AvgIpc) is 2.86. The van der Waals surface area contributed by atoms with Gasteiger partial charge in [0.2, 0.25) is 11.8 Å². The standard InChI is InChI=1S/C17H24N2O3/c1-12(2)18(3)17(21)14-9-16(20)19(11-14)10-13-6-5-7-15(8-13)22-4/h5-8,12,14H,9-11H2,1-4H3/t14-/m1/s1. The van der Waals surface area contributed by atoms with Crippen molar-refractivity contribution in [2.45, 2.75) is 32.9 Å². The van der Waals surface area contributed by atoms with Crippen molar-refractivity contribution >= 4 is 11.8 Å². The topological polar surface area (TPSA) is 49.9 Å². The van der Waals surface area contributed by atoms with Crippen molar-refractivity contribution in [1.29, 1.82) is 0 Å². The first kappa shape index (κ1) is 16.3. The summed E-state index contributed by atoms with van der Waals surface area (Å²) in [5, 5.41) is 0. The molecular weight excluding hydrogens is 280 g/mol. The molecule has 1 fully saturated rings. The van der Waals surface area contributed by atoms with Gasteiger partial charge in [-0.1, -0.05) is 12.1 Å². The van der Waals surface area contributed by atoms with Gasteiger partial charge in [0.1, 0.15) is 5.75 Å². The van der Waals surface area contributed by atoms with Crippen molar-refractivity contribution in [1.82, 2.24) is 9.80 Å². The maximum atomic E-state index is 12.4. The van der Waals surface area contributed by atoms with Crippen LogP contribution in [0.15, 0.2) is 24.3 Å². The number of hydrogen-bond donors (Lipinski definition) is 0. The number of amides is 2. The van der Waals surface area contributed by atoms with Crippen molar-refractivity contribution in [2.24, 2.45) is 5.92 Å². The molecule has 0 radical (unpaired) electrons. The Bertz CT molecular complexity index is 557. The maximum absolute atomic E-state index is 12.4. The SMILES string of the molecule is COc1cccc(CN2C[C@H](C(=O)N(C)C(C)C)CC2=O)c1. The predicted molar refractivity (Wildman–Crippen MR) is 84.4 cm³/mol. The Morgan fingerprint density at radius 2 is 2.18 bits per heavy atom. The second-order valence-corrected chi connectivity index (χ2v) is 6.07. The van der Waals surface area contributed by atoms with E-state index in [1.165, 1.54) is 0 Å². The lowest BCUT2D eigenvalue weighted by atomic mass is 10.1. The van der Waals surface area contributed by atoms with E-state index in [1.807, 2.05) is 38.1 Å². The molecule has 0 aromatic heterocycles. The van der Waals surface area contributed by atoms with Crippen LogP contribution >= 0.6 is 0 Å². The predicted octanol–water partition coefficient (Wildman–Crippen LogP) is 1.91. The molecule has 2 rings (SSSR count). The fraction of sp³-hybridized carbons (Fsp3) is 0.529. The number of methoxy groups -OCH3 is 1. The summed E-state index contributed by atoms with van der Waals surface area (Å²) in [6.07, 6.45) is 0.305. The van der Waals surface area contributed by atoms with Gasteiger partial charge < -0.3 is 14.5 Å². The minimum atomic E-state index is -0.231. The van der Waals surface area contributed by atoms with Crippen LogP contribution in [-0.4, -0.2) is 48.4 Å². The maximum Gasteiger partial charge on any atom is 0.227 e. The highest BCUT2D eigenvalue weighted by atomic mass is 16.5. The van der Waals surface area contributed by atoms with Gasteiger partial charge in [0.15, 0.2) is 0 Å². The van der Waals surface area contributed by atoms with Gasteiger partial charge in [-0.05, 0) is 31.5 Å². The third-order valence-electron chi connectivity index (χ3n) is 4.19. The lowest BCUT2D eigenvalue weighted by Gasteiger charge is -2.24. The second kappa shape index (κ2) is 6.81. The third-order valence-corrected chi connectivity index (χ3v) is 4.19. The summed E-state index contributed by atoms with van der Waals surface area (Å²) in [6.45, 7) is 4.96. The molecule has 1 aliphatic rings. The molecule has 2 amide bonds. The van der Waals surface area contributed by atoms with Crippen LogP contribution in [0.2, 0.25) is 0 Å². The van der Waals surface area contributed by atoms with E-state index in [0.29, 0.717) is 19.5 Å². The Kier molecular flexibility index (Phi) is 5.06. The summed E-state index contributed by atoms with van der Waals surface area (Å²) >= 11 is 0. The first-order chi connectivity index (χ1) is 10.4. The quantitative estimate of drug-likeness (QED) is 0.835. The Hall–Kier alpha value is -2.04. The highest BCUT2D eigenvalue weighted by molar-refractivity contribution is 5.89. The number of rotatable bonds is 5. The number of carbonyl (C=O) groups is 2. The molecular formula is C17H24N2O3. The fourth-order valence-electron chi connectivity index (χ4n) is 2.62. The molecule has 5 nitrogen and oxygen atoms in total. The lowest BCUT2D eigenvalue weighted by molar-refractivity contribution is -0.136. The van der Waals surface area contributed by atoms with Crippen molar-refractivity contribution in [3.63, 3.8) is 0 Å². The van der Waals surface area contributed by atoms with E-state index < -0.39 is 0 Å². The highest BCUT2D eigenvalue weighted by Crippen LogP contribution is 2.23. The minimum Gasteiger partial charge on any atom is -0.497 e. The van der Waals surface area contributed by atoms with E-state index in [1.54, 1.807) is 24.0 Å². The summed E-state index contributed by atoms with van der Waals surface area (Å²) in [4.78, 5) is 28.0. The monoisotopic (exact) mass is 304 g/mol. The van der Waals surface area contributed by atoms with Crippen molar-refractivity contribution in [3.05, 3.63) is 29.8 Å². The molecule has 1 aromatic carbocycles. The molecule has 1 aromatic rings. The summed E-state index contributed by atoms with van der Waals surface area (Å²) in [5.74, 6) is 0.636. The molecule has 0 unspecified atom stereocenters.